The van der Waals surface area contributed by atoms with Crippen molar-refractivity contribution in [2.24, 2.45) is 5.92 Å². The molecule has 1 aromatic carbocycles. The van der Waals surface area contributed by atoms with E-state index in [1.54, 1.807) is 0 Å². The molecule has 1 N–H and O–H groups in total. The van der Waals surface area contributed by atoms with Crippen LogP contribution in [0.2, 0.25) is 0 Å². The third kappa shape index (κ3) is 2.33. The predicted molar refractivity (Wildman–Crippen MR) is 76.8 cm³/mol. The second kappa shape index (κ2) is 4.97. The molecule has 0 aliphatic heterocycles. The fraction of sp³-hybridized carbons (Fsp3) is 0.438. The lowest BCUT2D eigenvalue weighted by Gasteiger charge is -2.29. The molecule has 0 spiro atoms. The number of nitrogens with one attached hydrogen (secondary N) is 1. The minimum atomic E-state index is 0.550. The molecule has 1 heterocycles. The SMILES string of the molecule is CC(CC1CCC1)Nc1cccc2cnccc12. The Labute approximate surface area is 108 Å². The summed E-state index contributed by atoms with van der Waals surface area (Å²) in [5.74, 6) is 0.948. The summed E-state index contributed by atoms with van der Waals surface area (Å²) in [5, 5.41) is 6.13. The van der Waals surface area contributed by atoms with Gasteiger partial charge in [0.1, 0.15) is 0 Å². The summed E-state index contributed by atoms with van der Waals surface area (Å²) in [4.78, 5) is 4.18. The summed E-state index contributed by atoms with van der Waals surface area (Å²) >= 11 is 0. The van der Waals surface area contributed by atoms with Gasteiger partial charge in [-0.05, 0) is 31.4 Å². The average molecular weight is 240 g/mol. The van der Waals surface area contributed by atoms with E-state index in [1.807, 2.05) is 12.4 Å². The number of hydrogen-bond donors (Lipinski definition) is 1. The highest BCUT2D eigenvalue weighted by Crippen LogP contribution is 2.31. The third-order valence-corrected chi connectivity index (χ3v) is 3.99. The summed E-state index contributed by atoms with van der Waals surface area (Å²) < 4.78 is 0. The molecule has 0 amide bonds. The monoisotopic (exact) mass is 240 g/mol. The van der Waals surface area contributed by atoms with Gasteiger partial charge in [0, 0.05) is 34.9 Å². The van der Waals surface area contributed by atoms with Crippen LogP contribution >= 0.6 is 0 Å². The Kier molecular flexibility index (Phi) is 3.18. The van der Waals surface area contributed by atoms with Crippen molar-refractivity contribution in [3.8, 4) is 0 Å². The van der Waals surface area contributed by atoms with E-state index in [0.717, 1.165) is 5.92 Å². The quantitative estimate of drug-likeness (QED) is 0.865. The van der Waals surface area contributed by atoms with Gasteiger partial charge < -0.3 is 5.32 Å². The van der Waals surface area contributed by atoms with Crippen molar-refractivity contribution < 1.29 is 0 Å². The maximum Gasteiger partial charge on any atom is 0.0423 e. The molecule has 0 saturated heterocycles. The van der Waals surface area contributed by atoms with Crippen LogP contribution in [-0.4, -0.2) is 11.0 Å². The van der Waals surface area contributed by atoms with Gasteiger partial charge in [-0.3, -0.25) is 4.98 Å². The Morgan fingerprint density at radius 1 is 1.33 bits per heavy atom. The zero-order chi connectivity index (χ0) is 12.4. The smallest absolute Gasteiger partial charge is 0.0423 e. The molecule has 2 aromatic rings. The Morgan fingerprint density at radius 2 is 2.22 bits per heavy atom. The predicted octanol–water partition coefficient (Wildman–Crippen LogP) is 4.23. The highest BCUT2D eigenvalue weighted by Gasteiger charge is 2.19. The second-order valence-electron chi connectivity index (χ2n) is 5.48. The van der Waals surface area contributed by atoms with Gasteiger partial charge in [0.25, 0.3) is 0 Å². The summed E-state index contributed by atoms with van der Waals surface area (Å²) in [6.45, 7) is 2.29. The molecular weight excluding hydrogens is 220 g/mol. The molecule has 18 heavy (non-hydrogen) atoms. The van der Waals surface area contributed by atoms with E-state index in [0.29, 0.717) is 6.04 Å². The number of hydrogen-bond acceptors (Lipinski definition) is 2. The first-order valence-corrected chi connectivity index (χ1v) is 6.92. The van der Waals surface area contributed by atoms with Crippen LogP contribution in [0, 0.1) is 5.92 Å². The Morgan fingerprint density at radius 3 is 3.00 bits per heavy atom. The van der Waals surface area contributed by atoms with Gasteiger partial charge in [-0.1, -0.05) is 31.4 Å². The number of fused-ring (bicyclic) bond motifs is 1. The first kappa shape index (κ1) is 11.5. The zero-order valence-electron chi connectivity index (χ0n) is 10.9. The lowest BCUT2D eigenvalue weighted by Crippen LogP contribution is -2.23. The van der Waals surface area contributed by atoms with E-state index in [2.05, 4.69) is 41.5 Å². The van der Waals surface area contributed by atoms with Gasteiger partial charge >= 0.3 is 0 Å². The molecule has 1 atom stereocenters. The first-order valence-electron chi connectivity index (χ1n) is 6.92. The molecule has 1 unspecified atom stereocenters. The molecule has 0 radical (unpaired) electrons. The van der Waals surface area contributed by atoms with E-state index >= 15 is 0 Å². The molecule has 1 saturated carbocycles. The van der Waals surface area contributed by atoms with Crippen molar-refractivity contribution in [2.75, 3.05) is 5.32 Å². The lowest BCUT2D eigenvalue weighted by molar-refractivity contribution is 0.286. The van der Waals surface area contributed by atoms with Gasteiger partial charge in [0.15, 0.2) is 0 Å². The molecule has 3 rings (SSSR count). The van der Waals surface area contributed by atoms with E-state index in [-0.39, 0.29) is 0 Å². The molecule has 94 valence electrons. The van der Waals surface area contributed by atoms with Crippen molar-refractivity contribution in [1.29, 1.82) is 0 Å². The zero-order valence-corrected chi connectivity index (χ0v) is 10.9. The normalized spacial score (nSPS) is 17.4. The summed E-state index contributed by atoms with van der Waals surface area (Å²) in [6.07, 6.45) is 9.36. The molecule has 0 bridgehead atoms. The van der Waals surface area contributed by atoms with Crippen LogP contribution in [0.15, 0.2) is 36.7 Å². The van der Waals surface area contributed by atoms with Crippen LogP contribution in [-0.2, 0) is 0 Å². The fourth-order valence-electron chi connectivity index (χ4n) is 2.80. The third-order valence-electron chi connectivity index (χ3n) is 3.99. The highest BCUT2D eigenvalue weighted by molar-refractivity contribution is 5.93. The molecule has 1 aliphatic rings. The second-order valence-corrected chi connectivity index (χ2v) is 5.48. The topological polar surface area (TPSA) is 24.9 Å². The Balaban J connectivity index is 1.76. The van der Waals surface area contributed by atoms with Crippen molar-refractivity contribution in [1.82, 2.24) is 4.98 Å². The minimum Gasteiger partial charge on any atom is -0.382 e. The molecule has 1 aromatic heterocycles. The number of nitrogens with zero attached hydrogens (tertiary/aromatic N) is 1. The van der Waals surface area contributed by atoms with Crippen LogP contribution in [0.3, 0.4) is 0 Å². The molecular formula is C16H20N2. The number of benzene rings is 1. The maximum atomic E-state index is 4.18. The van der Waals surface area contributed by atoms with Crippen LogP contribution in [0.5, 0.6) is 0 Å². The van der Waals surface area contributed by atoms with Crippen LogP contribution in [0.1, 0.15) is 32.6 Å². The van der Waals surface area contributed by atoms with Gasteiger partial charge in [-0.2, -0.15) is 0 Å². The maximum absolute atomic E-state index is 4.18. The number of aromatic nitrogens is 1. The fourth-order valence-corrected chi connectivity index (χ4v) is 2.80. The van der Waals surface area contributed by atoms with Crippen molar-refractivity contribution in [2.45, 2.75) is 38.6 Å². The van der Waals surface area contributed by atoms with Gasteiger partial charge in [0.2, 0.25) is 0 Å². The summed E-state index contributed by atoms with van der Waals surface area (Å²) in [6, 6.07) is 9.02. The van der Waals surface area contributed by atoms with Crippen LogP contribution < -0.4 is 5.32 Å². The highest BCUT2D eigenvalue weighted by atomic mass is 14.9. The number of rotatable bonds is 4. The molecule has 2 nitrogen and oxygen atoms in total. The van der Waals surface area contributed by atoms with Gasteiger partial charge in [0.05, 0.1) is 0 Å². The first-order chi connectivity index (χ1) is 8.83. The lowest BCUT2D eigenvalue weighted by atomic mass is 9.81. The molecule has 2 heteroatoms. The standard InChI is InChI=1S/C16H20N2/c1-12(10-13-4-2-5-13)18-16-7-3-6-14-11-17-9-8-15(14)16/h3,6-9,11-13,18H,2,4-5,10H2,1H3. The Bertz CT molecular complexity index is 526. The van der Waals surface area contributed by atoms with Crippen LogP contribution in [0.4, 0.5) is 5.69 Å². The van der Waals surface area contributed by atoms with E-state index in [1.165, 1.54) is 42.1 Å². The number of pyridine rings is 1. The largest absolute Gasteiger partial charge is 0.382 e. The van der Waals surface area contributed by atoms with Crippen molar-refractivity contribution in [3.63, 3.8) is 0 Å². The molecule has 1 aliphatic carbocycles. The van der Waals surface area contributed by atoms with Gasteiger partial charge in [-0.25, -0.2) is 0 Å². The van der Waals surface area contributed by atoms with Crippen LogP contribution in [0.25, 0.3) is 10.8 Å². The number of anilines is 1. The molecule has 1 fully saturated rings. The van der Waals surface area contributed by atoms with E-state index in [4.69, 9.17) is 0 Å². The van der Waals surface area contributed by atoms with Crippen molar-refractivity contribution >= 4 is 16.5 Å². The average Bonchev–Trinajstić information content (AvgIpc) is 2.34. The van der Waals surface area contributed by atoms with Gasteiger partial charge in [-0.15, -0.1) is 0 Å². The van der Waals surface area contributed by atoms with E-state index in [9.17, 15) is 0 Å². The Hall–Kier alpha value is -1.57. The summed E-state index contributed by atoms with van der Waals surface area (Å²) in [5.41, 5.74) is 1.24. The minimum absolute atomic E-state index is 0.550. The summed E-state index contributed by atoms with van der Waals surface area (Å²) in [7, 11) is 0. The van der Waals surface area contributed by atoms with E-state index < -0.39 is 0 Å². The van der Waals surface area contributed by atoms with Crippen molar-refractivity contribution in [3.05, 3.63) is 36.7 Å².